The van der Waals surface area contributed by atoms with Crippen LogP contribution in [0, 0.1) is 0 Å². The number of halogens is 1. The van der Waals surface area contributed by atoms with Gasteiger partial charge < -0.3 is 5.32 Å². The molecule has 1 N–H and O–H groups in total. The van der Waals surface area contributed by atoms with E-state index in [4.69, 9.17) is 11.6 Å². The van der Waals surface area contributed by atoms with E-state index in [1.807, 2.05) is 31.4 Å². The highest BCUT2D eigenvalue weighted by molar-refractivity contribution is 6.30. The lowest BCUT2D eigenvalue weighted by Crippen LogP contribution is -2.22. The number of hydrogen-bond donors (Lipinski definition) is 1. The minimum atomic E-state index is 0.357. The van der Waals surface area contributed by atoms with Gasteiger partial charge >= 0.3 is 0 Å². The number of nitrogens with zero attached hydrogens (tertiary/aromatic N) is 3. The van der Waals surface area contributed by atoms with Crippen molar-refractivity contribution in [1.29, 1.82) is 0 Å². The predicted octanol–water partition coefficient (Wildman–Crippen LogP) is 2.40. The van der Waals surface area contributed by atoms with Gasteiger partial charge in [0.2, 0.25) is 0 Å². The van der Waals surface area contributed by atoms with E-state index in [-0.39, 0.29) is 0 Å². The van der Waals surface area contributed by atoms with Crippen LogP contribution in [-0.2, 0) is 13.5 Å². The van der Waals surface area contributed by atoms with E-state index in [9.17, 15) is 0 Å². The molecule has 1 heterocycles. The molecule has 0 saturated heterocycles. The van der Waals surface area contributed by atoms with Crippen LogP contribution in [0.25, 0.3) is 0 Å². The normalized spacial score (nSPS) is 12.6. The molecule has 0 aliphatic carbocycles. The molecule has 0 amide bonds. The maximum atomic E-state index is 6.08. The third-order valence-corrected chi connectivity index (χ3v) is 3.30. The van der Waals surface area contributed by atoms with Crippen molar-refractivity contribution in [3.8, 4) is 0 Å². The van der Waals surface area contributed by atoms with Crippen LogP contribution in [0.15, 0.2) is 30.5 Å². The molecule has 19 heavy (non-hydrogen) atoms. The fourth-order valence-electron chi connectivity index (χ4n) is 2.13. The Morgan fingerprint density at radius 1 is 1.42 bits per heavy atom. The Balaban J connectivity index is 2.15. The van der Waals surface area contributed by atoms with Crippen molar-refractivity contribution in [2.75, 3.05) is 13.1 Å². The summed E-state index contributed by atoms with van der Waals surface area (Å²) in [7, 11) is 1.88. The van der Waals surface area contributed by atoms with Crippen LogP contribution in [0.5, 0.6) is 0 Å². The van der Waals surface area contributed by atoms with Crippen LogP contribution < -0.4 is 5.32 Å². The number of rotatable bonds is 6. The summed E-state index contributed by atoms with van der Waals surface area (Å²) in [5.41, 5.74) is 2.24. The first-order valence-corrected chi connectivity index (χ1v) is 6.88. The molecule has 0 radical (unpaired) electrons. The summed E-state index contributed by atoms with van der Waals surface area (Å²) in [6.07, 6.45) is 2.82. The standard InChI is InChI=1S/C14H19ClN4/c1-3-16-9-12(8-14-10-19(2)18-17-14)11-5-4-6-13(15)7-11/h4-7,10,12,16H,3,8-9H2,1-2H3. The first kappa shape index (κ1) is 14.0. The highest BCUT2D eigenvalue weighted by Gasteiger charge is 2.14. The lowest BCUT2D eigenvalue weighted by atomic mass is 9.94. The largest absolute Gasteiger partial charge is 0.316 e. The average Bonchev–Trinajstić information content (AvgIpc) is 2.80. The van der Waals surface area contributed by atoms with Gasteiger partial charge in [-0.2, -0.15) is 0 Å². The highest BCUT2D eigenvalue weighted by atomic mass is 35.5. The third-order valence-electron chi connectivity index (χ3n) is 3.07. The quantitative estimate of drug-likeness (QED) is 0.882. The minimum Gasteiger partial charge on any atom is -0.316 e. The molecular formula is C14H19ClN4. The Morgan fingerprint density at radius 3 is 2.89 bits per heavy atom. The number of hydrogen-bond acceptors (Lipinski definition) is 3. The van der Waals surface area contributed by atoms with E-state index >= 15 is 0 Å². The van der Waals surface area contributed by atoms with Crippen molar-refractivity contribution in [2.45, 2.75) is 19.3 Å². The van der Waals surface area contributed by atoms with Gasteiger partial charge in [0.05, 0.1) is 5.69 Å². The Labute approximate surface area is 118 Å². The molecule has 2 aromatic rings. The zero-order valence-corrected chi connectivity index (χ0v) is 12.1. The number of aromatic nitrogens is 3. The Bertz CT molecular complexity index is 524. The average molecular weight is 279 g/mol. The summed E-state index contributed by atoms with van der Waals surface area (Å²) in [4.78, 5) is 0. The van der Waals surface area contributed by atoms with Crippen LogP contribution in [-0.4, -0.2) is 28.1 Å². The minimum absolute atomic E-state index is 0.357. The van der Waals surface area contributed by atoms with Gasteiger partial charge in [-0.1, -0.05) is 35.9 Å². The first-order chi connectivity index (χ1) is 9.19. The van der Waals surface area contributed by atoms with Crippen molar-refractivity contribution < 1.29 is 0 Å². The number of nitrogens with one attached hydrogen (secondary N) is 1. The second-order valence-electron chi connectivity index (χ2n) is 4.65. The first-order valence-electron chi connectivity index (χ1n) is 6.50. The summed E-state index contributed by atoms with van der Waals surface area (Å²) in [5.74, 6) is 0.357. The molecule has 1 aromatic heterocycles. The van der Waals surface area contributed by atoms with Crippen LogP contribution in [0.2, 0.25) is 5.02 Å². The zero-order valence-electron chi connectivity index (χ0n) is 11.3. The Hall–Kier alpha value is -1.39. The summed E-state index contributed by atoms with van der Waals surface area (Å²) < 4.78 is 1.73. The lowest BCUT2D eigenvalue weighted by Gasteiger charge is -2.16. The predicted molar refractivity (Wildman–Crippen MR) is 77.4 cm³/mol. The van der Waals surface area contributed by atoms with Crippen molar-refractivity contribution >= 4 is 11.6 Å². The van der Waals surface area contributed by atoms with Gasteiger partial charge in [-0.25, -0.2) is 0 Å². The van der Waals surface area contributed by atoms with E-state index in [1.54, 1.807) is 4.68 Å². The second kappa shape index (κ2) is 6.68. The molecule has 1 atom stereocenters. The number of likely N-dealkylation sites (N-methyl/N-ethyl adjacent to an activating group) is 1. The van der Waals surface area contributed by atoms with Gasteiger partial charge in [-0.05, 0) is 24.2 Å². The van der Waals surface area contributed by atoms with Gasteiger partial charge in [0.25, 0.3) is 0 Å². The molecule has 0 aliphatic rings. The molecule has 0 aliphatic heterocycles. The zero-order chi connectivity index (χ0) is 13.7. The monoisotopic (exact) mass is 278 g/mol. The fourth-order valence-corrected chi connectivity index (χ4v) is 2.33. The van der Waals surface area contributed by atoms with Crippen molar-refractivity contribution in [3.63, 3.8) is 0 Å². The summed E-state index contributed by atoms with van der Waals surface area (Å²) in [5, 5.41) is 12.3. The molecule has 0 spiro atoms. The molecule has 0 bridgehead atoms. The van der Waals surface area contributed by atoms with Crippen molar-refractivity contribution in [2.24, 2.45) is 7.05 Å². The summed E-state index contributed by atoms with van der Waals surface area (Å²) >= 11 is 6.08. The molecule has 0 saturated carbocycles. The van der Waals surface area contributed by atoms with E-state index in [1.165, 1.54) is 5.56 Å². The van der Waals surface area contributed by atoms with Crippen LogP contribution in [0.3, 0.4) is 0 Å². The maximum Gasteiger partial charge on any atom is 0.0833 e. The fraction of sp³-hybridized carbons (Fsp3) is 0.429. The van der Waals surface area contributed by atoms with Crippen molar-refractivity contribution in [1.82, 2.24) is 20.3 Å². The number of aryl methyl sites for hydroxylation is 1. The Morgan fingerprint density at radius 2 is 2.26 bits per heavy atom. The van der Waals surface area contributed by atoms with E-state index in [0.717, 1.165) is 30.2 Å². The molecular weight excluding hydrogens is 260 g/mol. The SMILES string of the molecule is CCNCC(Cc1cn(C)nn1)c1cccc(Cl)c1. The van der Waals surface area contributed by atoms with Gasteiger partial charge in [0, 0.05) is 37.2 Å². The van der Waals surface area contributed by atoms with Crippen LogP contribution >= 0.6 is 11.6 Å². The molecule has 2 rings (SSSR count). The van der Waals surface area contributed by atoms with Crippen molar-refractivity contribution in [3.05, 3.63) is 46.7 Å². The van der Waals surface area contributed by atoms with Gasteiger partial charge in [0.1, 0.15) is 0 Å². The van der Waals surface area contributed by atoms with Crippen LogP contribution in [0.1, 0.15) is 24.1 Å². The molecule has 1 unspecified atom stereocenters. The molecule has 4 nitrogen and oxygen atoms in total. The van der Waals surface area contributed by atoms with Gasteiger partial charge in [-0.3, -0.25) is 4.68 Å². The van der Waals surface area contributed by atoms with Gasteiger partial charge in [0.15, 0.2) is 0 Å². The number of benzene rings is 1. The molecule has 102 valence electrons. The molecule has 0 fully saturated rings. The smallest absolute Gasteiger partial charge is 0.0833 e. The van der Waals surface area contributed by atoms with Gasteiger partial charge in [-0.15, -0.1) is 5.10 Å². The second-order valence-corrected chi connectivity index (χ2v) is 5.08. The van der Waals surface area contributed by atoms with E-state index < -0.39 is 0 Å². The third kappa shape index (κ3) is 4.04. The van der Waals surface area contributed by atoms with E-state index in [0.29, 0.717) is 5.92 Å². The molecule has 5 heteroatoms. The lowest BCUT2D eigenvalue weighted by molar-refractivity contribution is 0.588. The van der Waals surface area contributed by atoms with Crippen LogP contribution in [0.4, 0.5) is 0 Å². The topological polar surface area (TPSA) is 42.7 Å². The summed E-state index contributed by atoms with van der Waals surface area (Å²) in [6.45, 7) is 3.97. The Kier molecular flexibility index (Phi) is 4.93. The molecule has 1 aromatic carbocycles. The van der Waals surface area contributed by atoms with E-state index in [2.05, 4.69) is 28.6 Å². The highest BCUT2D eigenvalue weighted by Crippen LogP contribution is 2.22. The summed E-state index contributed by atoms with van der Waals surface area (Å²) in [6, 6.07) is 8.04. The maximum absolute atomic E-state index is 6.08.